The lowest BCUT2D eigenvalue weighted by Crippen LogP contribution is -2.44. The molecule has 0 spiro atoms. The number of imide groups is 1. The Kier molecular flexibility index (Phi) is 10.3. The van der Waals surface area contributed by atoms with Crippen LogP contribution < -0.4 is 21.1 Å². The maximum Gasteiger partial charge on any atom is 0.329 e. The number of nitrogens with zero attached hydrogens (tertiary/aromatic N) is 8. The van der Waals surface area contributed by atoms with Gasteiger partial charge in [-0.1, -0.05) is 18.6 Å². The lowest BCUT2D eigenvalue weighted by atomic mass is 9.84. The van der Waals surface area contributed by atoms with Gasteiger partial charge in [0.1, 0.15) is 17.4 Å². The lowest BCUT2D eigenvalue weighted by molar-refractivity contribution is -0.135. The van der Waals surface area contributed by atoms with Crippen molar-refractivity contribution in [1.82, 2.24) is 43.7 Å². The first kappa shape index (κ1) is 37.7. The van der Waals surface area contributed by atoms with Crippen LogP contribution in [-0.2, 0) is 23.1 Å². The highest BCUT2D eigenvalue weighted by Gasteiger charge is 2.32. The molecule has 2 aliphatic heterocycles. The second kappa shape index (κ2) is 15.8. The fraction of sp³-hybridized carbons (Fsp3) is 0.465. The average Bonchev–Trinajstić information content (AvgIpc) is 3.93. The van der Waals surface area contributed by atoms with Crippen LogP contribution in [0.2, 0.25) is 0 Å². The number of imidazole rings is 1. The predicted molar refractivity (Wildman–Crippen MR) is 219 cm³/mol. The lowest BCUT2D eigenvalue weighted by Gasteiger charge is -2.36. The number of aryl methyl sites for hydroxylation is 2. The second-order valence-corrected chi connectivity index (χ2v) is 16.4. The van der Waals surface area contributed by atoms with Crippen LogP contribution in [0.4, 0.5) is 5.69 Å². The number of ether oxygens (including phenoxy) is 1. The third-order valence-electron chi connectivity index (χ3n) is 12.8. The molecule has 15 heteroatoms. The number of anilines is 1. The monoisotopic (exact) mass is 786 g/mol. The molecule has 0 radical (unpaired) electrons. The number of carbonyl (C=O) groups excluding carboxylic acids is 3. The van der Waals surface area contributed by atoms with E-state index in [0.717, 1.165) is 79.2 Å². The summed E-state index contributed by atoms with van der Waals surface area (Å²) in [6.45, 7) is 3.44. The minimum Gasteiger partial charge on any atom is -0.494 e. The zero-order chi connectivity index (χ0) is 39.9. The summed E-state index contributed by atoms with van der Waals surface area (Å²) in [4.78, 5) is 57.9. The van der Waals surface area contributed by atoms with E-state index in [1.165, 1.54) is 31.9 Å². The van der Waals surface area contributed by atoms with Crippen LogP contribution in [0.3, 0.4) is 0 Å². The smallest absolute Gasteiger partial charge is 0.329 e. The van der Waals surface area contributed by atoms with E-state index >= 15 is 0 Å². The maximum atomic E-state index is 13.3. The number of aromatic nitrogens is 7. The molecule has 1 unspecified atom stereocenters. The largest absolute Gasteiger partial charge is 0.494 e. The van der Waals surface area contributed by atoms with Gasteiger partial charge < -0.3 is 15.0 Å². The van der Waals surface area contributed by atoms with Gasteiger partial charge in [-0.2, -0.15) is 10.2 Å². The number of piperidine rings is 2. The van der Waals surface area contributed by atoms with Crippen molar-refractivity contribution < 1.29 is 19.1 Å². The first-order valence-electron chi connectivity index (χ1n) is 20.7. The van der Waals surface area contributed by atoms with Crippen molar-refractivity contribution in [1.29, 1.82) is 0 Å². The minimum atomic E-state index is -0.668. The molecule has 2 saturated heterocycles. The Labute approximate surface area is 335 Å². The van der Waals surface area contributed by atoms with Crippen molar-refractivity contribution in [3.8, 4) is 5.75 Å². The molecule has 6 aromatic rings. The Bertz CT molecular complexity index is 2570. The van der Waals surface area contributed by atoms with Crippen LogP contribution in [0.15, 0.2) is 66.0 Å². The Morgan fingerprint density at radius 3 is 2.62 bits per heavy atom. The highest BCUT2D eigenvalue weighted by atomic mass is 16.5. The summed E-state index contributed by atoms with van der Waals surface area (Å²) in [6.07, 6.45) is 17.6. The zero-order valence-corrected chi connectivity index (χ0v) is 33.1. The molecule has 3 amide bonds. The molecule has 4 aromatic heterocycles. The number of nitrogens with one attached hydrogen (secondary N) is 2. The third kappa shape index (κ3) is 7.27. The van der Waals surface area contributed by atoms with Gasteiger partial charge in [0, 0.05) is 50.1 Å². The first-order valence-corrected chi connectivity index (χ1v) is 20.7. The predicted octanol–water partition coefficient (Wildman–Crippen LogP) is 5.44. The molecule has 302 valence electrons. The highest BCUT2D eigenvalue weighted by Crippen LogP contribution is 2.36. The summed E-state index contributed by atoms with van der Waals surface area (Å²) >= 11 is 0. The van der Waals surface area contributed by atoms with Gasteiger partial charge in [-0.15, -0.1) is 0 Å². The van der Waals surface area contributed by atoms with Crippen molar-refractivity contribution in [2.24, 2.45) is 18.9 Å². The molecule has 9 rings (SSSR count). The number of likely N-dealkylation sites (tertiary alicyclic amines) is 1. The number of benzene rings is 2. The molecule has 6 heterocycles. The second-order valence-electron chi connectivity index (χ2n) is 16.4. The number of hydrogen-bond acceptors (Lipinski definition) is 9. The van der Waals surface area contributed by atoms with Crippen molar-refractivity contribution >= 4 is 51.0 Å². The van der Waals surface area contributed by atoms with Gasteiger partial charge in [0.25, 0.3) is 5.91 Å². The Morgan fingerprint density at radius 2 is 1.83 bits per heavy atom. The molecule has 0 bridgehead atoms. The molecule has 3 fully saturated rings. The van der Waals surface area contributed by atoms with E-state index in [1.54, 1.807) is 46.3 Å². The van der Waals surface area contributed by atoms with Crippen molar-refractivity contribution in [2.75, 3.05) is 32.1 Å². The number of methoxy groups -OCH3 is 1. The van der Waals surface area contributed by atoms with Crippen molar-refractivity contribution in [3.63, 3.8) is 0 Å². The van der Waals surface area contributed by atoms with E-state index in [-0.39, 0.29) is 23.9 Å². The average molecular weight is 787 g/mol. The summed E-state index contributed by atoms with van der Waals surface area (Å²) in [5.41, 5.74) is 4.85. The van der Waals surface area contributed by atoms with E-state index in [2.05, 4.69) is 42.6 Å². The van der Waals surface area contributed by atoms with Gasteiger partial charge in [0.15, 0.2) is 5.65 Å². The van der Waals surface area contributed by atoms with E-state index in [1.807, 2.05) is 24.3 Å². The molecule has 3 aliphatic rings. The summed E-state index contributed by atoms with van der Waals surface area (Å²) in [5.74, 6) is 0.948. The molecule has 1 atom stereocenters. The number of rotatable bonds is 11. The number of fused-ring (bicyclic) bond motifs is 3. The van der Waals surface area contributed by atoms with Crippen molar-refractivity contribution in [3.05, 3.63) is 82.8 Å². The topological polar surface area (TPSA) is 163 Å². The summed E-state index contributed by atoms with van der Waals surface area (Å²) in [5, 5.41) is 15.5. The van der Waals surface area contributed by atoms with E-state index in [4.69, 9.17) is 9.84 Å². The fourth-order valence-corrected chi connectivity index (χ4v) is 9.65. The van der Waals surface area contributed by atoms with Gasteiger partial charge >= 0.3 is 5.69 Å². The maximum absolute atomic E-state index is 13.3. The number of para-hydroxylation sites is 1. The van der Waals surface area contributed by atoms with E-state index < -0.39 is 11.9 Å². The Morgan fingerprint density at radius 1 is 1.00 bits per heavy atom. The van der Waals surface area contributed by atoms with Crippen molar-refractivity contribution in [2.45, 2.75) is 82.7 Å². The van der Waals surface area contributed by atoms with E-state index in [0.29, 0.717) is 46.9 Å². The molecule has 2 aromatic carbocycles. The molecule has 1 saturated carbocycles. The van der Waals surface area contributed by atoms with Gasteiger partial charge in [-0.3, -0.25) is 33.5 Å². The van der Waals surface area contributed by atoms with Crippen LogP contribution in [-0.4, -0.2) is 82.9 Å². The normalized spacial score (nSPS) is 20.9. The van der Waals surface area contributed by atoms with Crippen LogP contribution in [0.25, 0.3) is 27.6 Å². The molecule has 2 N–H and O–H groups in total. The number of amides is 3. The quantitative estimate of drug-likeness (QED) is 0.163. The summed E-state index contributed by atoms with van der Waals surface area (Å²) < 4.78 is 12.6. The molecular weight excluding hydrogens is 737 g/mol. The molecular formula is C43H50N10O5. The minimum absolute atomic E-state index is 0.217. The van der Waals surface area contributed by atoms with Gasteiger partial charge in [0.2, 0.25) is 11.8 Å². The number of carbonyl (C=O) groups is 3. The SMILES string of the molecule is COc1cc2nn(C3CCC(CN4CCC(CCCc5cccc6c5n(C)c(=O)n6C5CCC(=O)NC5=O)CC4)CC3)cc2cc1NC(=O)c1cnn2cccnc12. The van der Waals surface area contributed by atoms with Gasteiger partial charge in [0.05, 0.1) is 41.6 Å². The molecule has 1 aliphatic carbocycles. The standard InChI is InChI=1S/C43H50N10O5/c1-49-39-29(8-4-9-35(39)53(43(49)57)36-14-15-38(54)47-42(36)56)7-3-6-27-16-20-50(21-17-27)25-28-10-12-31(13-11-28)52-26-30-22-34(37(58-2)23-33(30)48-52)46-41(55)32-24-45-51-19-5-18-44-40(32)51/h4-5,8-9,18-19,22-24,26-28,31,36H,3,6-7,10-17,20-21,25H2,1-2H3,(H,46,55)(H,47,54,56). The molecule has 15 nitrogen and oxygen atoms in total. The summed E-state index contributed by atoms with van der Waals surface area (Å²) in [6, 6.07) is 11.2. The fourth-order valence-electron chi connectivity index (χ4n) is 9.65. The van der Waals surface area contributed by atoms with Crippen LogP contribution in [0.5, 0.6) is 5.75 Å². The first-order chi connectivity index (χ1) is 28.2. The van der Waals surface area contributed by atoms with Crippen LogP contribution in [0.1, 0.15) is 92.2 Å². The van der Waals surface area contributed by atoms with Gasteiger partial charge in [-0.05, 0) is 106 Å². The molecule has 58 heavy (non-hydrogen) atoms. The highest BCUT2D eigenvalue weighted by molar-refractivity contribution is 6.09. The van der Waals surface area contributed by atoms with Gasteiger partial charge in [-0.25, -0.2) is 14.3 Å². The summed E-state index contributed by atoms with van der Waals surface area (Å²) in [7, 11) is 3.37. The van der Waals surface area contributed by atoms with Crippen LogP contribution >= 0.6 is 0 Å². The van der Waals surface area contributed by atoms with E-state index in [9.17, 15) is 19.2 Å². The number of hydrogen-bond donors (Lipinski definition) is 2. The zero-order valence-electron chi connectivity index (χ0n) is 33.1. The third-order valence-corrected chi connectivity index (χ3v) is 12.8. The Hall–Kier alpha value is -5.83. The van der Waals surface area contributed by atoms with Crippen LogP contribution in [0, 0.1) is 11.8 Å². The Balaban J connectivity index is 0.749.